The van der Waals surface area contributed by atoms with E-state index in [9.17, 15) is 36.7 Å². The van der Waals surface area contributed by atoms with E-state index in [1.165, 1.54) is 39.5 Å². The summed E-state index contributed by atoms with van der Waals surface area (Å²) in [6, 6.07) is 11.9. The van der Waals surface area contributed by atoms with Gasteiger partial charge in [-0.1, -0.05) is 12.1 Å². The first-order valence-corrected chi connectivity index (χ1v) is 12.8. The van der Waals surface area contributed by atoms with Gasteiger partial charge in [0.25, 0.3) is 23.7 Å². The predicted molar refractivity (Wildman–Crippen MR) is 141 cm³/mol. The molecule has 0 saturated carbocycles. The largest absolute Gasteiger partial charge is 0.478 e. The molecule has 0 fully saturated rings. The van der Waals surface area contributed by atoms with Crippen molar-refractivity contribution in [3.05, 3.63) is 71.0 Å². The molecule has 2 aromatic carbocycles. The first kappa shape index (κ1) is 28.6. The van der Waals surface area contributed by atoms with E-state index in [4.69, 9.17) is 9.84 Å². The van der Waals surface area contributed by atoms with Gasteiger partial charge in [-0.2, -0.15) is 0 Å². The van der Waals surface area contributed by atoms with Crippen molar-refractivity contribution in [2.24, 2.45) is 0 Å². The number of ether oxygens (including phenoxy) is 1. The third-order valence-corrected chi connectivity index (χ3v) is 6.83. The van der Waals surface area contributed by atoms with Gasteiger partial charge in [0.2, 0.25) is 0 Å². The molecule has 4 heterocycles. The van der Waals surface area contributed by atoms with E-state index in [-0.39, 0.29) is 29.1 Å². The molecule has 2 amide bonds. The number of aromatic carboxylic acids is 1. The lowest BCUT2D eigenvalue weighted by Gasteiger charge is -2.15. The van der Waals surface area contributed by atoms with Gasteiger partial charge in [0, 0.05) is 21.8 Å². The lowest BCUT2D eigenvalue weighted by molar-refractivity contribution is -0.00963. The van der Waals surface area contributed by atoms with Crippen LogP contribution in [0.4, 0.5) is 17.6 Å². The number of halogens is 4. The summed E-state index contributed by atoms with van der Waals surface area (Å²) < 4.78 is 62.1. The Morgan fingerprint density at radius 3 is 1.71 bits per heavy atom. The van der Waals surface area contributed by atoms with Gasteiger partial charge in [-0.15, -0.1) is 0 Å². The van der Waals surface area contributed by atoms with Crippen LogP contribution in [-0.2, 0) is 17.8 Å². The number of alkyl halides is 4. The standard InChI is InChI=1S/C15H14F2N2O3.C13H10F2N2O3/c1-2-22-14(21)10-4-3-9-5-12-13(20)18-7-15(16,17)8-19(12)11(9)6-10;14-13(15)5-16-11(18)10-3-7-1-2-8(12(19)20)4-9(7)17(10)6-13/h3-6H,2,7-8H2,1H3,(H,18,20);1-4H,5-6H2,(H,16,18)(H,19,20). The second-order valence-corrected chi connectivity index (χ2v) is 9.88. The normalized spacial score (nSPS) is 17.1. The van der Waals surface area contributed by atoms with Crippen LogP contribution >= 0.6 is 0 Å². The molecule has 0 aliphatic carbocycles. The average molecular weight is 589 g/mol. The maximum atomic E-state index is 13.8. The van der Waals surface area contributed by atoms with Crippen molar-refractivity contribution in [3.63, 3.8) is 0 Å². The number of carbonyl (C=O) groups is 4. The second-order valence-electron chi connectivity index (χ2n) is 9.88. The number of carboxylic acid groups (broad SMARTS) is 1. The molecule has 0 unspecified atom stereocenters. The summed E-state index contributed by atoms with van der Waals surface area (Å²) in [6.07, 6.45) is 0. The topological polar surface area (TPSA) is 132 Å². The summed E-state index contributed by atoms with van der Waals surface area (Å²) in [5.74, 6) is -8.93. The zero-order valence-electron chi connectivity index (χ0n) is 22.0. The molecule has 0 radical (unpaired) electrons. The Balaban J connectivity index is 0.000000169. The maximum absolute atomic E-state index is 13.8. The predicted octanol–water partition coefficient (Wildman–Crippen LogP) is 3.91. The molecule has 0 atom stereocenters. The highest BCUT2D eigenvalue weighted by molar-refractivity contribution is 6.02. The number of hydrogen-bond acceptors (Lipinski definition) is 5. The van der Waals surface area contributed by atoms with Crippen LogP contribution < -0.4 is 10.6 Å². The average Bonchev–Trinajstić information content (AvgIpc) is 3.40. The first-order valence-electron chi connectivity index (χ1n) is 12.8. The summed E-state index contributed by atoms with van der Waals surface area (Å²) in [6.45, 7) is -0.793. The van der Waals surface area contributed by atoms with E-state index >= 15 is 0 Å². The molecule has 2 aliphatic heterocycles. The molecule has 2 aromatic heterocycles. The number of aromatic nitrogens is 2. The van der Waals surface area contributed by atoms with Crippen LogP contribution in [0.5, 0.6) is 0 Å². The van der Waals surface area contributed by atoms with E-state index in [0.717, 1.165) is 0 Å². The number of amides is 2. The van der Waals surface area contributed by atoms with Gasteiger partial charge >= 0.3 is 11.9 Å². The van der Waals surface area contributed by atoms with Crippen molar-refractivity contribution >= 4 is 45.6 Å². The molecule has 220 valence electrons. The van der Waals surface area contributed by atoms with E-state index in [1.54, 1.807) is 25.1 Å². The minimum absolute atomic E-state index is 0.00799. The number of hydrogen-bond donors (Lipinski definition) is 3. The quantitative estimate of drug-likeness (QED) is 0.246. The van der Waals surface area contributed by atoms with Gasteiger partial charge in [-0.3, -0.25) is 9.59 Å². The van der Waals surface area contributed by atoms with Crippen LogP contribution in [0.1, 0.15) is 48.6 Å². The highest BCUT2D eigenvalue weighted by atomic mass is 19.3. The molecule has 6 rings (SSSR count). The van der Waals surface area contributed by atoms with Crippen LogP contribution in [0.25, 0.3) is 21.8 Å². The number of esters is 1. The fraction of sp³-hybridized carbons (Fsp3) is 0.286. The summed E-state index contributed by atoms with van der Waals surface area (Å²) in [5, 5.41) is 14.5. The van der Waals surface area contributed by atoms with E-state index in [2.05, 4.69) is 10.6 Å². The highest BCUT2D eigenvalue weighted by Crippen LogP contribution is 2.29. The molecule has 0 bridgehead atoms. The number of nitrogens with one attached hydrogen (secondary N) is 2. The fourth-order valence-corrected chi connectivity index (χ4v) is 4.88. The van der Waals surface area contributed by atoms with Crippen LogP contribution in [0.3, 0.4) is 0 Å². The molecule has 3 N–H and O–H groups in total. The van der Waals surface area contributed by atoms with Crippen molar-refractivity contribution in [1.29, 1.82) is 0 Å². The molecule has 2 aliphatic rings. The van der Waals surface area contributed by atoms with Crippen molar-refractivity contribution in [3.8, 4) is 0 Å². The number of carbonyl (C=O) groups excluding carboxylic acids is 3. The molecule has 42 heavy (non-hydrogen) atoms. The second kappa shape index (κ2) is 10.5. The Labute approximate surface area is 234 Å². The van der Waals surface area contributed by atoms with Gasteiger partial charge in [-0.05, 0) is 43.3 Å². The Bertz CT molecular complexity index is 1760. The minimum atomic E-state index is -3.08. The van der Waals surface area contributed by atoms with Gasteiger partial charge in [-0.25, -0.2) is 27.2 Å². The minimum Gasteiger partial charge on any atom is -0.478 e. The summed E-state index contributed by atoms with van der Waals surface area (Å²) in [4.78, 5) is 46.5. The third kappa shape index (κ3) is 5.51. The molecule has 4 aromatic rings. The van der Waals surface area contributed by atoms with Crippen molar-refractivity contribution in [2.75, 3.05) is 19.7 Å². The summed E-state index contributed by atoms with van der Waals surface area (Å²) in [7, 11) is 0. The highest BCUT2D eigenvalue weighted by Gasteiger charge is 2.37. The first-order chi connectivity index (χ1) is 19.8. The zero-order chi connectivity index (χ0) is 30.4. The van der Waals surface area contributed by atoms with Gasteiger partial charge in [0.15, 0.2) is 0 Å². The lowest BCUT2D eigenvalue weighted by atomic mass is 10.1. The number of carboxylic acids is 1. The third-order valence-electron chi connectivity index (χ3n) is 6.83. The fourth-order valence-electron chi connectivity index (χ4n) is 4.88. The molecule has 0 saturated heterocycles. The van der Waals surface area contributed by atoms with Crippen molar-refractivity contribution < 1.29 is 46.6 Å². The summed E-state index contributed by atoms with van der Waals surface area (Å²) in [5.41, 5.74) is 1.26. The molecular formula is C28H24F4N4O6. The maximum Gasteiger partial charge on any atom is 0.338 e. The van der Waals surface area contributed by atoms with Gasteiger partial charge < -0.3 is 29.6 Å². The van der Waals surface area contributed by atoms with E-state index < -0.39 is 61.8 Å². The Morgan fingerprint density at radius 2 is 1.26 bits per heavy atom. The van der Waals surface area contributed by atoms with E-state index in [1.807, 2.05) is 0 Å². The number of benzene rings is 2. The lowest BCUT2D eigenvalue weighted by Crippen LogP contribution is -2.35. The Kier molecular flexibility index (Phi) is 7.16. The molecule has 0 spiro atoms. The van der Waals surface area contributed by atoms with Crippen molar-refractivity contribution in [2.45, 2.75) is 31.9 Å². The van der Waals surface area contributed by atoms with E-state index in [0.29, 0.717) is 21.8 Å². The Morgan fingerprint density at radius 1 is 0.810 bits per heavy atom. The van der Waals surface area contributed by atoms with Crippen LogP contribution in [0.15, 0.2) is 48.5 Å². The molecule has 14 heteroatoms. The molecule has 10 nitrogen and oxygen atoms in total. The van der Waals surface area contributed by atoms with Crippen LogP contribution in [0.2, 0.25) is 0 Å². The number of fused-ring (bicyclic) bond motifs is 6. The van der Waals surface area contributed by atoms with Crippen LogP contribution in [-0.4, -0.2) is 69.5 Å². The molecular weight excluding hydrogens is 564 g/mol. The van der Waals surface area contributed by atoms with Crippen LogP contribution in [0, 0.1) is 0 Å². The zero-order valence-corrected chi connectivity index (χ0v) is 22.0. The van der Waals surface area contributed by atoms with Gasteiger partial charge in [0.05, 0.1) is 43.9 Å². The number of rotatable bonds is 3. The smallest absolute Gasteiger partial charge is 0.338 e. The monoisotopic (exact) mass is 588 g/mol. The Hall–Kier alpha value is -4.88. The SMILES string of the molecule is CCOC(=O)c1ccc2cc3n(c2c1)CC(F)(F)CNC3=O.O=C(O)c1ccc2cc3n(c2c1)CC(F)(F)CNC3=O. The number of nitrogens with zero attached hydrogens (tertiary/aromatic N) is 2. The van der Waals surface area contributed by atoms with Gasteiger partial charge in [0.1, 0.15) is 11.4 Å². The summed E-state index contributed by atoms with van der Waals surface area (Å²) >= 11 is 0. The van der Waals surface area contributed by atoms with Crippen molar-refractivity contribution in [1.82, 2.24) is 19.8 Å².